The van der Waals surface area contributed by atoms with Gasteiger partial charge in [0, 0.05) is 18.1 Å². The van der Waals surface area contributed by atoms with Crippen molar-refractivity contribution in [2.24, 2.45) is 5.41 Å². The van der Waals surface area contributed by atoms with Crippen LogP contribution in [0.5, 0.6) is 0 Å². The number of para-hydroxylation sites is 1. The van der Waals surface area contributed by atoms with Crippen LogP contribution in [0.4, 0.5) is 24.5 Å². The second-order valence-electron chi connectivity index (χ2n) is 11.9. The number of nitrogens with one attached hydrogen (secondary N) is 2. The average Bonchev–Trinajstić information content (AvgIpc) is 3.44. The van der Waals surface area contributed by atoms with Gasteiger partial charge in [0.2, 0.25) is 11.8 Å². The van der Waals surface area contributed by atoms with Gasteiger partial charge in [0.1, 0.15) is 0 Å². The number of amides is 2. The number of fused-ring (bicyclic) bond motifs is 3. The van der Waals surface area contributed by atoms with Gasteiger partial charge in [0.25, 0.3) is 0 Å². The number of nitrogens with zero attached hydrogens (tertiary/aromatic N) is 1. The van der Waals surface area contributed by atoms with Crippen LogP contribution in [0.25, 0.3) is 0 Å². The fourth-order valence-corrected chi connectivity index (χ4v) is 7.74. The van der Waals surface area contributed by atoms with Crippen molar-refractivity contribution in [2.45, 2.75) is 61.2 Å². The number of benzene rings is 2. The lowest BCUT2D eigenvalue weighted by atomic mass is 9.48. The van der Waals surface area contributed by atoms with E-state index in [2.05, 4.69) is 10.6 Å². The maximum atomic E-state index is 15.3. The largest absolute Gasteiger partial charge is 0.382 e. The number of halogens is 4. The maximum absolute atomic E-state index is 15.3. The van der Waals surface area contributed by atoms with Crippen LogP contribution in [0.1, 0.15) is 37.7 Å². The predicted octanol–water partition coefficient (Wildman–Crippen LogP) is 4.53. The van der Waals surface area contributed by atoms with Gasteiger partial charge in [-0.3, -0.25) is 28.6 Å². The molecule has 2 aromatic carbocycles. The summed E-state index contributed by atoms with van der Waals surface area (Å²) in [6.07, 6.45) is 1.51. The third-order valence-corrected chi connectivity index (χ3v) is 9.72. The normalized spacial score (nSPS) is 29.5. The van der Waals surface area contributed by atoms with Crippen molar-refractivity contribution in [1.29, 1.82) is 0 Å². The molecule has 11 heteroatoms. The van der Waals surface area contributed by atoms with Crippen molar-refractivity contribution in [3.8, 4) is 0 Å². The smallest absolute Gasteiger partial charge is 0.244 e. The second-order valence-corrected chi connectivity index (χ2v) is 12.3. The Kier molecular flexibility index (Phi) is 7.33. The van der Waals surface area contributed by atoms with Crippen LogP contribution in [-0.2, 0) is 24.5 Å². The summed E-state index contributed by atoms with van der Waals surface area (Å²) in [6.45, 7) is -0.958. The zero-order valence-corrected chi connectivity index (χ0v) is 23.5. The third kappa shape index (κ3) is 4.28. The van der Waals surface area contributed by atoms with Gasteiger partial charge in [0.05, 0.1) is 66.6 Å². The Morgan fingerprint density at radius 2 is 1.88 bits per heavy atom. The van der Waals surface area contributed by atoms with Gasteiger partial charge in [-0.2, -0.15) is 0 Å². The van der Waals surface area contributed by atoms with Gasteiger partial charge in [-0.1, -0.05) is 35.9 Å². The van der Waals surface area contributed by atoms with Crippen molar-refractivity contribution in [1.82, 2.24) is 10.6 Å². The van der Waals surface area contributed by atoms with Gasteiger partial charge in [0.15, 0.2) is 5.82 Å². The van der Waals surface area contributed by atoms with Crippen LogP contribution in [0.15, 0.2) is 42.5 Å². The summed E-state index contributed by atoms with van der Waals surface area (Å²) in [4.78, 5) is 29.6. The van der Waals surface area contributed by atoms with Gasteiger partial charge in [-0.15, -0.1) is 0 Å². The van der Waals surface area contributed by atoms with Gasteiger partial charge in [-0.05, 0) is 55.9 Å². The first-order valence-electron chi connectivity index (χ1n) is 13.9. The van der Waals surface area contributed by atoms with Crippen molar-refractivity contribution >= 4 is 34.8 Å². The first-order chi connectivity index (χ1) is 19.7. The van der Waals surface area contributed by atoms with Crippen molar-refractivity contribution in [3.05, 3.63) is 58.9 Å². The molecule has 0 bridgehead atoms. The molecule has 2 saturated heterocycles. The van der Waals surface area contributed by atoms with E-state index < -0.39 is 47.5 Å². The summed E-state index contributed by atoms with van der Waals surface area (Å²) < 4.78 is 54.6. The van der Waals surface area contributed by atoms with E-state index in [0.717, 1.165) is 6.42 Å². The Balaban J connectivity index is 1.36. The van der Waals surface area contributed by atoms with Crippen LogP contribution in [0, 0.1) is 11.2 Å². The highest BCUT2D eigenvalue weighted by atomic mass is 35.5. The number of hydrogen-bond acceptors (Lipinski definition) is 5. The summed E-state index contributed by atoms with van der Waals surface area (Å²) >= 11 is 6.09. The molecule has 220 valence electrons. The van der Waals surface area contributed by atoms with Crippen LogP contribution in [-0.4, -0.2) is 69.2 Å². The van der Waals surface area contributed by atoms with E-state index in [9.17, 15) is 18.4 Å². The number of rotatable bonds is 7. The lowest BCUT2D eigenvalue weighted by Gasteiger charge is -2.58. The highest BCUT2D eigenvalue weighted by Crippen LogP contribution is 2.66. The summed E-state index contributed by atoms with van der Waals surface area (Å²) in [5.74, 6) is -1.50. The molecule has 0 aromatic heterocycles. The van der Waals surface area contributed by atoms with Crippen molar-refractivity contribution in [3.63, 3.8) is 0 Å². The van der Waals surface area contributed by atoms with E-state index in [1.165, 1.54) is 17.0 Å². The molecule has 3 aliphatic heterocycles. The lowest BCUT2D eigenvalue weighted by molar-refractivity contribution is -0.132. The Bertz CT molecular complexity index is 1340. The molecule has 2 N–H and O–H groups in total. The van der Waals surface area contributed by atoms with Gasteiger partial charge >= 0.3 is 0 Å². The van der Waals surface area contributed by atoms with E-state index in [1.807, 2.05) is 0 Å². The Labute approximate surface area is 241 Å². The number of methoxy groups -OCH3 is 1. The second kappa shape index (κ2) is 10.6. The quantitative estimate of drug-likeness (QED) is 0.495. The molecule has 0 radical (unpaired) electrons. The fourth-order valence-electron chi connectivity index (χ4n) is 7.57. The van der Waals surface area contributed by atoms with E-state index in [4.69, 9.17) is 21.1 Å². The molecule has 2 amide bonds. The fraction of sp³-hybridized carbons (Fsp3) is 0.533. The van der Waals surface area contributed by atoms with Crippen LogP contribution < -0.4 is 15.5 Å². The summed E-state index contributed by atoms with van der Waals surface area (Å²) in [7, 11) is 1.61. The molecular weight excluding hydrogens is 559 g/mol. The van der Waals surface area contributed by atoms with Crippen LogP contribution in [0.3, 0.4) is 0 Å². The average molecular weight is 592 g/mol. The highest BCUT2D eigenvalue weighted by Gasteiger charge is 2.75. The van der Waals surface area contributed by atoms with E-state index in [0.29, 0.717) is 30.9 Å². The Morgan fingerprint density at radius 1 is 1.15 bits per heavy atom. The highest BCUT2D eigenvalue weighted by molar-refractivity contribution is 6.31. The number of carbonyl (C=O) groups is 2. The van der Waals surface area contributed by atoms with E-state index >= 15 is 4.39 Å². The minimum Gasteiger partial charge on any atom is -0.382 e. The first kappa shape index (κ1) is 28.5. The van der Waals surface area contributed by atoms with E-state index in [-0.39, 0.29) is 48.0 Å². The first-order valence-corrected chi connectivity index (χ1v) is 14.3. The van der Waals surface area contributed by atoms with Crippen molar-refractivity contribution < 1.29 is 32.2 Å². The molecular formula is C30H33ClF3N3O4. The Hall–Kier alpha value is -2.66. The predicted molar refractivity (Wildman–Crippen MR) is 147 cm³/mol. The van der Waals surface area contributed by atoms with Crippen LogP contribution >= 0.6 is 11.6 Å². The lowest BCUT2D eigenvalue weighted by Crippen LogP contribution is -2.70. The van der Waals surface area contributed by atoms with Crippen molar-refractivity contribution in [2.75, 3.05) is 38.6 Å². The zero-order chi connectivity index (χ0) is 29.0. The minimum absolute atomic E-state index is 0.0126. The number of ether oxygens (including phenoxy) is 2. The molecule has 4 atom stereocenters. The van der Waals surface area contributed by atoms with E-state index in [1.54, 1.807) is 37.4 Å². The summed E-state index contributed by atoms with van der Waals surface area (Å²) in [5.41, 5.74) is -2.65. The topological polar surface area (TPSA) is 79.9 Å². The number of carbonyl (C=O) groups excluding carboxylic acids is 2. The standard InChI is InChI=1S/C30H33ClF3N3O4/c1-40-13-19-10-9-18(12-41-19)35-26(38)22-11-30(29(36-22)14-28(15-29,16-32)17-33)20-5-2-3-7-23(20)37(27(30)39)24-8-4-6-21(31)25(24)34/h2-8,18-19,22,36H,9-17H2,1H3,(H,35,38)/t18-,19+,22?,30?/m1/s1. The molecule has 1 aliphatic carbocycles. The molecule has 41 heavy (non-hydrogen) atoms. The number of alkyl halides is 2. The maximum Gasteiger partial charge on any atom is 0.244 e. The Morgan fingerprint density at radius 3 is 2.56 bits per heavy atom. The molecule has 2 aromatic rings. The number of anilines is 2. The minimum atomic E-state index is -1.35. The zero-order valence-electron chi connectivity index (χ0n) is 22.7. The van der Waals surface area contributed by atoms with Crippen LogP contribution in [0.2, 0.25) is 5.02 Å². The molecule has 3 heterocycles. The summed E-state index contributed by atoms with van der Waals surface area (Å²) in [5, 5.41) is 6.29. The monoisotopic (exact) mass is 591 g/mol. The molecule has 2 spiro atoms. The molecule has 3 fully saturated rings. The molecule has 1 saturated carbocycles. The molecule has 4 aliphatic rings. The third-order valence-electron chi connectivity index (χ3n) is 9.43. The number of hydrogen-bond donors (Lipinski definition) is 2. The SMILES string of the molecule is COC[C@@H]1CC[C@@H](NC(=O)C2CC3(C(=O)N(c4cccc(Cl)c4F)c4ccccc43)C3(CC(CF)(CF)C3)N2)CO1. The molecule has 2 unspecified atom stereocenters. The summed E-state index contributed by atoms with van der Waals surface area (Å²) in [6, 6.07) is 10.4. The van der Waals surface area contributed by atoms with Gasteiger partial charge in [-0.25, -0.2) is 4.39 Å². The van der Waals surface area contributed by atoms with Gasteiger partial charge < -0.3 is 14.8 Å². The molecule has 6 rings (SSSR count). The molecule has 7 nitrogen and oxygen atoms in total.